The van der Waals surface area contributed by atoms with Crippen LogP contribution in [0, 0.1) is 5.92 Å². The second-order valence-electron chi connectivity index (χ2n) is 3.68. The van der Waals surface area contributed by atoms with Gasteiger partial charge in [0.1, 0.15) is 0 Å². The van der Waals surface area contributed by atoms with Gasteiger partial charge < -0.3 is 10.0 Å². The maximum atomic E-state index is 11.4. The predicted molar refractivity (Wildman–Crippen MR) is 54.0 cm³/mol. The molecule has 14 heavy (non-hydrogen) atoms. The Labute approximate surface area is 84.9 Å². The van der Waals surface area contributed by atoms with Crippen molar-refractivity contribution in [1.29, 1.82) is 0 Å². The smallest absolute Gasteiger partial charge is 0.303 e. The minimum absolute atomic E-state index is 0.0797. The van der Waals surface area contributed by atoms with E-state index in [0.29, 0.717) is 12.5 Å². The molecule has 0 aromatic heterocycles. The maximum Gasteiger partial charge on any atom is 0.303 e. The van der Waals surface area contributed by atoms with Crippen LogP contribution in [0.15, 0.2) is 0 Å². The Balaban J connectivity index is 3.81. The summed E-state index contributed by atoms with van der Waals surface area (Å²) in [6, 6.07) is 0. The first kappa shape index (κ1) is 12.9. The molecule has 4 heteroatoms. The Kier molecular flexibility index (Phi) is 5.92. The Hall–Kier alpha value is -1.06. The van der Waals surface area contributed by atoms with Gasteiger partial charge in [0.05, 0.1) is 6.42 Å². The van der Waals surface area contributed by atoms with Gasteiger partial charge in [-0.25, -0.2) is 0 Å². The number of nitrogens with zero attached hydrogens (tertiary/aromatic N) is 1. The van der Waals surface area contributed by atoms with E-state index in [0.717, 1.165) is 6.42 Å². The van der Waals surface area contributed by atoms with Crippen LogP contribution in [0.1, 0.15) is 33.1 Å². The second-order valence-corrected chi connectivity index (χ2v) is 3.68. The molecule has 0 aromatic rings. The molecule has 0 saturated carbocycles. The molecule has 82 valence electrons. The average Bonchev–Trinajstić information content (AvgIpc) is 2.13. The monoisotopic (exact) mass is 201 g/mol. The molecule has 0 aliphatic heterocycles. The largest absolute Gasteiger partial charge is 0.481 e. The number of carbonyl (C=O) groups is 2. The Bertz CT molecular complexity index is 204. The molecule has 1 N–H and O–H groups in total. The maximum absolute atomic E-state index is 11.4. The van der Waals surface area contributed by atoms with Crippen LogP contribution in [-0.4, -0.2) is 35.5 Å². The lowest BCUT2D eigenvalue weighted by molar-refractivity contribution is -0.140. The lowest BCUT2D eigenvalue weighted by atomic mass is 10.1. The van der Waals surface area contributed by atoms with Crippen LogP contribution in [0.2, 0.25) is 0 Å². The van der Waals surface area contributed by atoms with E-state index >= 15 is 0 Å². The van der Waals surface area contributed by atoms with E-state index in [9.17, 15) is 9.59 Å². The highest BCUT2D eigenvalue weighted by Crippen LogP contribution is 2.04. The van der Waals surface area contributed by atoms with Crippen molar-refractivity contribution in [3.05, 3.63) is 0 Å². The van der Waals surface area contributed by atoms with Crippen LogP contribution in [0.4, 0.5) is 0 Å². The van der Waals surface area contributed by atoms with Crippen LogP contribution in [0.25, 0.3) is 0 Å². The van der Waals surface area contributed by atoms with Gasteiger partial charge in [-0.3, -0.25) is 9.59 Å². The molecular formula is C10H19NO3. The molecule has 0 aliphatic carbocycles. The van der Waals surface area contributed by atoms with E-state index in [4.69, 9.17) is 5.11 Å². The number of aliphatic carboxylic acids is 1. The van der Waals surface area contributed by atoms with E-state index in [1.165, 1.54) is 0 Å². The summed E-state index contributed by atoms with van der Waals surface area (Å²) in [5.41, 5.74) is 0. The molecule has 4 nitrogen and oxygen atoms in total. The summed E-state index contributed by atoms with van der Waals surface area (Å²) < 4.78 is 0. The number of amides is 1. The van der Waals surface area contributed by atoms with Gasteiger partial charge in [0.15, 0.2) is 0 Å². The first-order chi connectivity index (χ1) is 6.47. The van der Waals surface area contributed by atoms with E-state index in [2.05, 4.69) is 13.8 Å². The van der Waals surface area contributed by atoms with E-state index < -0.39 is 5.97 Å². The number of carbonyl (C=O) groups excluding carboxylic acids is 1. The molecule has 0 heterocycles. The lowest BCUT2D eigenvalue weighted by Crippen LogP contribution is -2.31. The zero-order valence-corrected chi connectivity index (χ0v) is 9.12. The van der Waals surface area contributed by atoms with Crippen LogP contribution in [0.5, 0.6) is 0 Å². The van der Waals surface area contributed by atoms with Crippen LogP contribution in [0.3, 0.4) is 0 Å². The quantitative estimate of drug-likeness (QED) is 0.705. The topological polar surface area (TPSA) is 57.6 Å². The molecule has 1 amide bonds. The summed E-state index contributed by atoms with van der Waals surface area (Å²) in [6.07, 6.45) is 1.04. The fourth-order valence-corrected chi connectivity index (χ4v) is 1.10. The highest BCUT2D eigenvalue weighted by Gasteiger charge is 2.12. The van der Waals surface area contributed by atoms with Crippen molar-refractivity contribution in [3.63, 3.8) is 0 Å². The third-order valence-corrected chi connectivity index (χ3v) is 2.26. The van der Waals surface area contributed by atoms with Gasteiger partial charge >= 0.3 is 5.97 Å². The molecule has 0 radical (unpaired) electrons. The molecule has 1 unspecified atom stereocenters. The zero-order chi connectivity index (χ0) is 11.1. The number of rotatable bonds is 6. The molecular weight excluding hydrogens is 182 g/mol. The number of carboxylic acids is 1. The fraction of sp³-hybridized carbons (Fsp3) is 0.800. The first-order valence-electron chi connectivity index (χ1n) is 4.93. The van der Waals surface area contributed by atoms with Gasteiger partial charge in [0.25, 0.3) is 0 Å². The van der Waals surface area contributed by atoms with Crippen LogP contribution in [-0.2, 0) is 9.59 Å². The summed E-state index contributed by atoms with van der Waals surface area (Å²) >= 11 is 0. The van der Waals surface area contributed by atoms with Crippen molar-refractivity contribution in [2.45, 2.75) is 33.1 Å². The van der Waals surface area contributed by atoms with Crippen molar-refractivity contribution in [2.24, 2.45) is 5.92 Å². The van der Waals surface area contributed by atoms with Gasteiger partial charge in [-0.2, -0.15) is 0 Å². The SMILES string of the molecule is CCC(C)CN(C)C(=O)CCC(=O)O. The van der Waals surface area contributed by atoms with Crippen LogP contribution < -0.4 is 0 Å². The molecule has 0 bridgehead atoms. The molecule has 0 spiro atoms. The molecule has 0 saturated heterocycles. The van der Waals surface area contributed by atoms with Gasteiger partial charge in [0.2, 0.25) is 5.91 Å². The molecule has 1 atom stereocenters. The Morgan fingerprint density at radius 3 is 2.36 bits per heavy atom. The van der Waals surface area contributed by atoms with E-state index in [1.807, 2.05) is 0 Å². The number of carboxylic acid groups (broad SMARTS) is 1. The summed E-state index contributed by atoms with van der Waals surface area (Å²) in [7, 11) is 1.72. The highest BCUT2D eigenvalue weighted by molar-refractivity contribution is 5.80. The van der Waals surface area contributed by atoms with E-state index in [-0.39, 0.29) is 18.7 Å². The van der Waals surface area contributed by atoms with Crippen molar-refractivity contribution in [1.82, 2.24) is 4.90 Å². The Morgan fingerprint density at radius 2 is 1.93 bits per heavy atom. The first-order valence-corrected chi connectivity index (χ1v) is 4.93. The summed E-state index contributed by atoms with van der Waals surface area (Å²) in [5, 5.41) is 8.40. The third kappa shape index (κ3) is 5.56. The Morgan fingerprint density at radius 1 is 1.36 bits per heavy atom. The van der Waals surface area contributed by atoms with Crippen molar-refractivity contribution < 1.29 is 14.7 Å². The summed E-state index contributed by atoms with van der Waals surface area (Å²) in [4.78, 5) is 23.2. The highest BCUT2D eigenvalue weighted by atomic mass is 16.4. The van der Waals surface area contributed by atoms with Crippen LogP contribution >= 0.6 is 0 Å². The normalized spacial score (nSPS) is 12.2. The minimum atomic E-state index is -0.921. The number of hydrogen-bond acceptors (Lipinski definition) is 2. The van der Waals surface area contributed by atoms with Crippen molar-refractivity contribution in [3.8, 4) is 0 Å². The number of hydrogen-bond donors (Lipinski definition) is 1. The van der Waals surface area contributed by atoms with Gasteiger partial charge in [-0.15, -0.1) is 0 Å². The van der Waals surface area contributed by atoms with Crippen molar-refractivity contribution in [2.75, 3.05) is 13.6 Å². The fourth-order valence-electron chi connectivity index (χ4n) is 1.10. The lowest BCUT2D eigenvalue weighted by Gasteiger charge is -2.20. The van der Waals surface area contributed by atoms with Crippen molar-refractivity contribution >= 4 is 11.9 Å². The molecule has 0 fully saturated rings. The third-order valence-electron chi connectivity index (χ3n) is 2.26. The minimum Gasteiger partial charge on any atom is -0.481 e. The van der Waals surface area contributed by atoms with E-state index in [1.54, 1.807) is 11.9 Å². The standard InChI is InChI=1S/C10H19NO3/c1-4-8(2)7-11(3)9(12)5-6-10(13)14/h8H,4-7H2,1-3H3,(H,13,14). The summed E-state index contributed by atoms with van der Waals surface area (Å²) in [6.45, 7) is 4.84. The molecule has 0 aliphatic rings. The van der Waals surface area contributed by atoms with Gasteiger partial charge in [0, 0.05) is 20.0 Å². The molecule has 0 aromatic carbocycles. The summed E-state index contributed by atoms with van der Waals surface area (Å²) in [5.74, 6) is -0.545. The molecule has 0 rings (SSSR count). The van der Waals surface area contributed by atoms with Gasteiger partial charge in [-0.05, 0) is 5.92 Å². The average molecular weight is 201 g/mol. The predicted octanol–water partition coefficient (Wildman–Crippen LogP) is 1.36. The second kappa shape index (κ2) is 6.40. The zero-order valence-electron chi connectivity index (χ0n) is 9.12. The van der Waals surface area contributed by atoms with Gasteiger partial charge in [-0.1, -0.05) is 20.3 Å².